The van der Waals surface area contributed by atoms with Gasteiger partial charge in [-0.1, -0.05) is 29.8 Å². The SMILES string of the molecule is Cc1ccc(N2CCN(Cc3ccc(OC(C)(C)C)cc3)CC2)c(C)c1. The molecule has 0 radical (unpaired) electrons. The summed E-state index contributed by atoms with van der Waals surface area (Å²) in [5, 5.41) is 0. The number of hydrogen-bond donors (Lipinski definition) is 0. The molecule has 2 aromatic carbocycles. The molecule has 1 fully saturated rings. The summed E-state index contributed by atoms with van der Waals surface area (Å²) < 4.78 is 5.91. The molecule has 3 nitrogen and oxygen atoms in total. The first-order chi connectivity index (χ1) is 12.3. The smallest absolute Gasteiger partial charge is 0.120 e. The van der Waals surface area contributed by atoms with E-state index in [1.807, 2.05) is 0 Å². The summed E-state index contributed by atoms with van der Waals surface area (Å²) in [6.07, 6.45) is 0. The maximum Gasteiger partial charge on any atom is 0.120 e. The minimum Gasteiger partial charge on any atom is -0.488 e. The lowest BCUT2D eigenvalue weighted by Gasteiger charge is -2.37. The van der Waals surface area contributed by atoms with Crippen LogP contribution in [0, 0.1) is 13.8 Å². The van der Waals surface area contributed by atoms with E-state index in [-0.39, 0.29) is 5.60 Å². The van der Waals surface area contributed by atoms with Gasteiger partial charge in [-0.3, -0.25) is 4.90 Å². The second-order valence-corrected chi connectivity index (χ2v) is 8.41. The fourth-order valence-electron chi connectivity index (χ4n) is 3.58. The molecule has 1 saturated heterocycles. The summed E-state index contributed by atoms with van der Waals surface area (Å²) in [4.78, 5) is 5.06. The van der Waals surface area contributed by atoms with Crippen LogP contribution in [0.15, 0.2) is 42.5 Å². The monoisotopic (exact) mass is 352 g/mol. The second kappa shape index (κ2) is 7.71. The molecule has 0 aromatic heterocycles. The van der Waals surface area contributed by atoms with Gasteiger partial charge in [-0.05, 0) is 63.9 Å². The number of aryl methyl sites for hydroxylation is 2. The molecule has 2 aromatic rings. The van der Waals surface area contributed by atoms with Crippen LogP contribution < -0.4 is 9.64 Å². The molecule has 1 heterocycles. The van der Waals surface area contributed by atoms with Crippen LogP contribution in [0.2, 0.25) is 0 Å². The van der Waals surface area contributed by atoms with Crippen LogP contribution in [-0.2, 0) is 6.54 Å². The van der Waals surface area contributed by atoms with E-state index in [0.29, 0.717) is 0 Å². The molecular weight excluding hydrogens is 320 g/mol. The summed E-state index contributed by atoms with van der Waals surface area (Å²) in [5.41, 5.74) is 5.31. The van der Waals surface area contributed by atoms with E-state index < -0.39 is 0 Å². The van der Waals surface area contributed by atoms with Gasteiger partial charge in [-0.25, -0.2) is 0 Å². The number of hydrogen-bond acceptors (Lipinski definition) is 3. The van der Waals surface area contributed by atoms with Crippen LogP contribution in [-0.4, -0.2) is 36.7 Å². The normalized spacial score (nSPS) is 16.0. The molecule has 0 unspecified atom stereocenters. The number of ether oxygens (including phenoxy) is 1. The average Bonchev–Trinajstić information content (AvgIpc) is 2.56. The van der Waals surface area contributed by atoms with Crippen molar-refractivity contribution >= 4 is 5.69 Å². The van der Waals surface area contributed by atoms with Crippen LogP contribution in [0.4, 0.5) is 5.69 Å². The summed E-state index contributed by atoms with van der Waals surface area (Å²) in [6, 6.07) is 15.3. The molecule has 3 rings (SSSR count). The van der Waals surface area contributed by atoms with Gasteiger partial charge < -0.3 is 9.64 Å². The third kappa shape index (κ3) is 5.01. The Labute approximate surface area is 158 Å². The molecule has 0 bridgehead atoms. The third-order valence-corrected chi connectivity index (χ3v) is 4.82. The van der Waals surface area contributed by atoms with E-state index in [1.165, 1.54) is 22.4 Å². The fourth-order valence-corrected chi connectivity index (χ4v) is 3.58. The number of benzene rings is 2. The van der Waals surface area contributed by atoms with Crippen molar-refractivity contribution in [2.75, 3.05) is 31.1 Å². The predicted molar refractivity (Wildman–Crippen MR) is 110 cm³/mol. The molecular formula is C23H32N2O. The molecule has 3 heteroatoms. The van der Waals surface area contributed by atoms with E-state index in [4.69, 9.17) is 4.74 Å². The van der Waals surface area contributed by atoms with Crippen LogP contribution >= 0.6 is 0 Å². The minimum absolute atomic E-state index is 0.147. The van der Waals surface area contributed by atoms with Crippen LogP contribution in [0.1, 0.15) is 37.5 Å². The van der Waals surface area contributed by atoms with E-state index in [1.54, 1.807) is 0 Å². The predicted octanol–water partition coefficient (Wildman–Crippen LogP) is 4.80. The van der Waals surface area contributed by atoms with Crippen molar-refractivity contribution in [2.24, 2.45) is 0 Å². The Morgan fingerprint density at radius 1 is 0.885 bits per heavy atom. The van der Waals surface area contributed by atoms with Crippen LogP contribution in [0.3, 0.4) is 0 Å². The first kappa shape index (κ1) is 18.8. The maximum atomic E-state index is 5.91. The van der Waals surface area contributed by atoms with Crippen molar-refractivity contribution in [1.82, 2.24) is 4.90 Å². The second-order valence-electron chi connectivity index (χ2n) is 8.41. The summed E-state index contributed by atoms with van der Waals surface area (Å²) >= 11 is 0. The van der Waals surface area contributed by atoms with Crippen LogP contribution in [0.5, 0.6) is 5.75 Å². The summed E-state index contributed by atoms with van der Waals surface area (Å²) in [5.74, 6) is 0.945. The van der Waals surface area contributed by atoms with Crippen molar-refractivity contribution in [3.63, 3.8) is 0 Å². The lowest BCUT2D eigenvalue weighted by Crippen LogP contribution is -2.46. The molecule has 0 atom stereocenters. The molecule has 0 aliphatic carbocycles. The lowest BCUT2D eigenvalue weighted by molar-refractivity contribution is 0.131. The van der Waals surface area contributed by atoms with Gasteiger partial charge in [0.05, 0.1) is 0 Å². The van der Waals surface area contributed by atoms with Crippen molar-refractivity contribution in [2.45, 2.75) is 46.8 Å². The van der Waals surface area contributed by atoms with Crippen molar-refractivity contribution < 1.29 is 4.74 Å². The highest BCUT2D eigenvalue weighted by Gasteiger charge is 2.18. The Morgan fingerprint density at radius 2 is 1.54 bits per heavy atom. The Hall–Kier alpha value is -2.00. The Kier molecular flexibility index (Phi) is 5.57. The number of anilines is 1. The van der Waals surface area contributed by atoms with Crippen molar-refractivity contribution in [3.05, 3.63) is 59.2 Å². The van der Waals surface area contributed by atoms with Gasteiger partial charge >= 0.3 is 0 Å². The highest BCUT2D eigenvalue weighted by Crippen LogP contribution is 2.23. The zero-order valence-electron chi connectivity index (χ0n) is 16.9. The summed E-state index contributed by atoms with van der Waals surface area (Å²) in [6.45, 7) is 16.0. The quantitative estimate of drug-likeness (QED) is 0.786. The van der Waals surface area contributed by atoms with E-state index in [9.17, 15) is 0 Å². The highest BCUT2D eigenvalue weighted by atomic mass is 16.5. The molecule has 0 saturated carbocycles. The minimum atomic E-state index is -0.147. The molecule has 1 aliphatic heterocycles. The first-order valence-corrected chi connectivity index (χ1v) is 9.63. The standard InChI is InChI=1S/C23H32N2O/c1-18-6-11-22(19(2)16-18)25-14-12-24(13-15-25)17-20-7-9-21(10-8-20)26-23(3,4)5/h6-11,16H,12-15,17H2,1-5H3. The highest BCUT2D eigenvalue weighted by molar-refractivity contribution is 5.54. The molecule has 0 amide bonds. The molecule has 0 N–H and O–H groups in total. The van der Waals surface area contributed by atoms with Crippen molar-refractivity contribution in [1.29, 1.82) is 0 Å². The van der Waals surface area contributed by atoms with Gasteiger partial charge in [-0.15, -0.1) is 0 Å². The third-order valence-electron chi connectivity index (χ3n) is 4.82. The first-order valence-electron chi connectivity index (χ1n) is 9.63. The number of piperazine rings is 1. The van der Waals surface area contributed by atoms with Gasteiger partial charge in [0, 0.05) is 38.4 Å². The zero-order valence-corrected chi connectivity index (χ0v) is 16.9. The Morgan fingerprint density at radius 3 is 2.12 bits per heavy atom. The van der Waals surface area contributed by atoms with E-state index in [0.717, 1.165) is 38.5 Å². The Balaban J connectivity index is 1.54. The lowest BCUT2D eigenvalue weighted by atomic mass is 10.1. The average molecular weight is 353 g/mol. The van der Waals surface area contributed by atoms with Gasteiger partial charge in [0.15, 0.2) is 0 Å². The van der Waals surface area contributed by atoms with Gasteiger partial charge in [0.1, 0.15) is 11.4 Å². The van der Waals surface area contributed by atoms with Gasteiger partial charge in [-0.2, -0.15) is 0 Å². The molecule has 0 spiro atoms. The molecule has 140 valence electrons. The van der Waals surface area contributed by atoms with Crippen LogP contribution in [0.25, 0.3) is 0 Å². The van der Waals surface area contributed by atoms with Gasteiger partial charge in [0.25, 0.3) is 0 Å². The number of nitrogens with zero attached hydrogens (tertiary/aromatic N) is 2. The largest absolute Gasteiger partial charge is 0.488 e. The molecule has 26 heavy (non-hydrogen) atoms. The maximum absolute atomic E-state index is 5.91. The molecule has 1 aliphatic rings. The van der Waals surface area contributed by atoms with E-state index >= 15 is 0 Å². The Bertz CT molecular complexity index is 723. The fraction of sp³-hybridized carbons (Fsp3) is 0.478. The summed E-state index contributed by atoms with van der Waals surface area (Å²) in [7, 11) is 0. The van der Waals surface area contributed by atoms with Crippen molar-refractivity contribution in [3.8, 4) is 5.75 Å². The van der Waals surface area contributed by atoms with E-state index in [2.05, 4.69) is 86.9 Å². The topological polar surface area (TPSA) is 15.7 Å². The van der Waals surface area contributed by atoms with Gasteiger partial charge in [0.2, 0.25) is 0 Å². The number of rotatable bonds is 4. The zero-order chi connectivity index (χ0) is 18.7.